The topological polar surface area (TPSA) is 74.7 Å². The van der Waals surface area contributed by atoms with Gasteiger partial charge in [0, 0.05) is 26.7 Å². The van der Waals surface area contributed by atoms with Crippen LogP contribution >= 0.6 is 0 Å². The molecule has 88 valence electrons. The van der Waals surface area contributed by atoms with Crippen molar-refractivity contribution >= 4 is 17.5 Å². The normalized spacial score (nSPS) is 28.3. The monoisotopic (exact) mass is 225 g/mol. The summed E-state index contributed by atoms with van der Waals surface area (Å²) in [4.78, 5) is 35.9. The minimum atomic E-state index is -1.16. The van der Waals surface area contributed by atoms with E-state index in [1.807, 2.05) is 0 Å². The average molecular weight is 225 g/mol. The van der Waals surface area contributed by atoms with E-state index in [1.165, 1.54) is 6.20 Å². The summed E-state index contributed by atoms with van der Waals surface area (Å²) in [5, 5.41) is 8.94. The molecule has 0 aromatic carbocycles. The van der Waals surface area contributed by atoms with Crippen LogP contribution < -0.4 is 0 Å². The summed E-state index contributed by atoms with van der Waals surface area (Å²) in [5.41, 5.74) is -0.00417. The van der Waals surface area contributed by atoms with E-state index in [1.54, 1.807) is 25.9 Å². The lowest BCUT2D eigenvalue weighted by Crippen LogP contribution is -2.39. The van der Waals surface area contributed by atoms with E-state index >= 15 is 0 Å². The van der Waals surface area contributed by atoms with Crippen molar-refractivity contribution in [2.75, 3.05) is 14.1 Å². The first-order valence-electron chi connectivity index (χ1n) is 5.03. The largest absolute Gasteiger partial charge is 0.481 e. The number of carboxylic acids is 1. The van der Waals surface area contributed by atoms with E-state index in [-0.39, 0.29) is 17.8 Å². The molecule has 16 heavy (non-hydrogen) atoms. The highest BCUT2D eigenvalue weighted by Gasteiger charge is 2.41. The second-order valence-electron chi connectivity index (χ2n) is 4.29. The molecule has 0 amide bonds. The number of Topliss-reactive ketones (excluding diaryl/α,β-unsaturated/α-hetero) is 2. The average Bonchev–Trinajstić information content (AvgIpc) is 2.10. The molecule has 0 aliphatic heterocycles. The van der Waals surface area contributed by atoms with Gasteiger partial charge in [-0.2, -0.15) is 0 Å². The van der Waals surface area contributed by atoms with Crippen LogP contribution in [0.1, 0.15) is 13.3 Å². The number of hydrogen-bond donors (Lipinski definition) is 1. The number of nitrogens with zero attached hydrogens (tertiary/aromatic N) is 1. The van der Waals surface area contributed by atoms with Crippen LogP contribution in [0.3, 0.4) is 0 Å². The van der Waals surface area contributed by atoms with Gasteiger partial charge in [-0.3, -0.25) is 14.4 Å². The van der Waals surface area contributed by atoms with Crippen molar-refractivity contribution in [2.45, 2.75) is 13.3 Å². The van der Waals surface area contributed by atoms with Gasteiger partial charge in [0.2, 0.25) is 0 Å². The van der Waals surface area contributed by atoms with Crippen LogP contribution in [0.2, 0.25) is 0 Å². The first-order valence-corrected chi connectivity index (χ1v) is 5.03. The molecule has 0 spiro atoms. The quantitative estimate of drug-likeness (QED) is 0.416. The van der Waals surface area contributed by atoms with Crippen LogP contribution in [-0.2, 0) is 14.4 Å². The highest BCUT2D eigenvalue weighted by atomic mass is 16.4. The minimum absolute atomic E-state index is 0.00417. The fourth-order valence-corrected chi connectivity index (χ4v) is 1.83. The fraction of sp³-hybridized carbons (Fsp3) is 0.545. The third-order valence-corrected chi connectivity index (χ3v) is 2.58. The third-order valence-electron chi connectivity index (χ3n) is 2.58. The predicted octanol–water partition coefficient (Wildman–Crippen LogP) is 0.311. The van der Waals surface area contributed by atoms with Gasteiger partial charge >= 0.3 is 5.97 Å². The van der Waals surface area contributed by atoms with Gasteiger partial charge in [-0.15, -0.1) is 0 Å². The first-order chi connectivity index (χ1) is 7.34. The molecule has 0 heterocycles. The maximum absolute atomic E-state index is 11.8. The van der Waals surface area contributed by atoms with E-state index in [4.69, 9.17) is 5.11 Å². The second kappa shape index (κ2) is 4.47. The van der Waals surface area contributed by atoms with Gasteiger partial charge in [0.1, 0.15) is 5.92 Å². The summed E-state index contributed by atoms with van der Waals surface area (Å²) in [6.45, 7) is 1.61. The van der Waals surface area contributed by atoms with Crippen LogP contribution in [0.5, 0.6) is 0 Å². The van der Waals surface area contributed by atoms with Gasteiger partial charge < -0.3 is 10.0 Å². The third kappa shape index (κ3) is 2.29. The Bertz CT molecular complexity index is 370. The molecular formula is C11H15NO4. The van der Waals surface area contributed by atoms with E-state index < -0.39 is 23.6 Å². The number of carboxylic acid groups (broad SMARTS) is 1. The second-order valence-corrected chi connectivity index (χ2v) is 4.29. The molecule has 2 unspecified atom stereocenters. The predicted molar refractivity (Wildman–Crippen MR) is 56.7 cm³/mol. The lowest BCUT2D eigenvalue weighted by atomic mass is 9.76. The summed E-state index contributed by atoms with van der Waals surface area (Å²) < 4.78 is 0. The summed E-state index contributed by atoms with van der Waals surface area (Å²) in [6, 6.07) is 0. The van der Waals surface area contributed by atoms with Crippen LogP contribution in [0.25, 0.3) is 0 Å². The Kier molecular flexibility index (Phi) is 3.47. The molecule has 0 radical (unpaired) electrons. The molecular weight excluding hydrogens is 210 g/mol. The number of rotatable bonds is 2. The van der Waals surface area contributed by atoms with Crippen LogP contribution in [0.4, 0.5) is 0 Å². The Balaban J connectivity index is 3.09. The van der Waals surface area contributed by atoms with Gasteiger partial charge in [0.25, 0.3) is 0 Å². The van der Waals surface area contributed by atoms with Crippen molar-refractivity contribution in [1.82, 2.24) is 4.90 Å². The van der Waals surface area contributed by atoms with Gasteiger partial charge in [-0.05, 0) is 5.92 Å². The highest BCUT2D eigenvalue weighted by Crippen LogP contribution is 2.28. The summed E-state index contributed by atoms with van der Waals surface area (Å²) >= 11 is 0. The smallest absolute Gasteiger partial charge is 0.314 e. The van der Waals surface area contributed by atoms with Crippen LogP contribution in [0, 0.1) is 11.8 Å². The Morgan fingerprint density at radius 2 is 2.00 bits per heavy atom. The zero-order valence-corrected chi connectivity index (χ0v) is 9.56. The Morgan fingerprint density at radius 3 is 2.44 bits per heavy atom. The van der Waals surface area contributed by atoms with Crippen LogP contribution in [0.15, 0.2) is 11.8 Å². The lowest BCUT2D eigenvalue weighted by molar-refractivity contribution is -0.149. The molecule has 1 saturated carbocycles. The number of hydrogen-bond acceptors (Lipinski definition) is 4. The molecule has 2 atom stereocenters. The molecule has 1 aliphatic rings. The van der Waals surface area contributed by atoms with Crippen molar-refractivity contribution in [3.05, 3.63) is 11.8 Å². The van der Waals surface area contributed by atoms with E-state index in [2.05, 4.69) is 0 Å². The SMILES string of the molecule is CC1CC(=O)C(=CN(C)C)C(=O)C1C(=O)O. The van der Waals surface area contributed by atoms with E-state index in [0.29, 0.717) is 0 Å². The number of carbonyl (C=O) groups excluding carboxylic acids is 2. The van der Waals surface area contributed by atoms with Crippen molar-refractivity contribution in [2.24, 2.45) is 11.8 Å². The fourth-order valence-electron chi connectivity index (χ4n) is 1.83. The number of carbonyl (C=O) groups is 3. The number of aliphatic carboxylic acids is 1. The molecule has 0 saturated heterocycles. The molecule has 5 nitrogen and oxygen atoms in total. The van der Waals surface area contributed by atoms with Gasteiger partial charge in [0.05, 0.1) is 5.57 Å². The molecule has 1 aliphatic carbocycles. The molecule has 0 aromatic heterocycles. The highest BCUT2D eigenvalue weighted by molar-refractivity contribution is 6.26. The first kappa shape index (κ1) is 12.4. The summed E-state index contributed by atoms with van der Waals surface area (Å²) in [7, 11) is 3.36. The lowest BCUT2D eigenvalue weighted by Gasteiger charge is -2.25. The molecule has 0 aromatic rings. The Hall–Kier alpha value is -1.65. The molecule has 1 rings (SSSR count). The summed E-state index contributed by atoms with van der Waals surface area (Å²) in [6.07, 6.45) is 1.51. The van der Waals surface area contributed by atoms with Crippen LogP contribution in [-0.4, -0.2) is 41.6 Å². The van der Waals surface area contributed by atoms with E-state index in [9.17, 15) is 14.4 Å². The zero-order chi connectivity index (χ0) is 12.5. The van der Waals surface area contributed by atoms with E-state index in [0.717, 1.165) is 0 Å². The standard InChI is InChI=1S/C11H15NO4/c1-6-4-8(13)7(5-12(2)3)10(14)9(6)11(15)16/h5-6,9H,4H2,1-3H3,(H,15,16). The van der Waals surface area contributed by atoms with Gasteiger partial charge in [-0.1, -0.05) is 6.92 Å². The Labute approximate surface area is 93.7 Å². The molecule has 1 N–H and O–H groups in total. The number of allylic oxidation sites excluding steroid dienone is 1. The van der Waals surface area contributed by atoms with Crippen molar-refractivity contribution < 1.29 is 19.5 Å². The van der Waals surface area contributed by atoms with Gasteiger partial charge in [-0.25, -0.2) is 0 Å². The van der Waals surface area contributed by atoms with Crippen molar-refractivity contribution in [3.8, 4) is 0 Å². The van der Waals surface area contributed by atoms with Crippen molar-refractivity contribution in [3.63, 3.8) is 0 Å². The molecule has 0 bridgehead atoms. The summed E-state index contributed by atoms with van der Waals surface area (Å²) in [5.74, 6) is -3.54. The van der Waals surface area contributed by atoms with Crippen molar-refractivity contribution in [1.29, 1.82) is 0 Å². The maximum Gasteiger partial charge on any atom is 0.314 e. The molecule has 1 fully saturated rings. The minimum Gasteiger partial charge on any atom is -0.481 e. The number of ketones is 2. The zero-order valence-electron chi connectivity index (χ0n) is 9.56. The molecule has 5 heteroatoms. The maximum atomic E-state index is 11.8. The Morgan fingerprint density at radius 1 is 1.44 bits per heavy atom. The van der Waals surface area contributed by atoms with Gasteiger partial charge in [0.15, 0.2) is 11.6 Å².